The summed E-state index contributed by atoms with van der Waals surface area (Å²) in [7, 11) is 0. The van der Waals surface area contributed by atoms with Crippen LogP contribution in [0, 0.1) is 11.8 Å². The lowest BCUT2D eigenvalue weighted by Crippen LogP contribution is -2.44. The minimum Gasteiger partial charge on any atom is -0.355 e. The summed E-state index contributed by atoms with van der Waals surface area (Å²) >= 11 is 1.29. The van der Waals surface area contributed by atoms with E-state index in [-0.39, 0.29) is 18.4 Å². The number of thiophene rings is 1. The lowest BCUT2D eigenvalue weighted by molar-refractivity contribution is -0.122. The third-order valence-electron chi connectivity index (χ3n) is 2.29. The van der Waals surface area contributed by atoms with Crippen LogP contribution in [0.25, 0.3) is 0 Å². The van der Waals surface area contributed by atoms with E-state index in [1.165, 1.54) is 11.3 Å². The third kappa shape index (κ3) is 4.39. The summed E-state index contributed by atoms with van der Waals surface area (Å²) in [6.07, 6.45) is 0. The average Bonchev–Trinajstić information content (AvgIpc) is 2.84. The molecule has 0 aliphatic carbocycles. The molecule has 4 N–H and O–H groups in total. The molecular formula is C13H17N3O2S. The van der Waals surface area contributed by atoms with E-state index in [1.807, 2.05) is 6.92 Å². The molecule has 0 aromatic carbocycles. The van der Waals surface area contributed by atoms with Gasteiger partial charge in [0.1, 0.15) is 10.9 Å². The Labute approximate surface area is 116 Å². The predicted molar refractivity (Wildman–Crippen MR) is 75.9 cm³/mol. The van der Waals surface area contributed by atoms with E-state index < -0.39 is 6.04 Å². The second-order valence-electron chi connectivity index (χ2n) is 3.76. The molecule has 1 heterocycles. The maximum absolute atomic E-state index is 12.0. The van der Waals surface area contributed by atoms with Crippen molar-refractivity contribution >= 4 is 23.2 Å². The molecule has 1 aromatic heterocycles. The fourth-order valence-corrected chi connectivity index (χ4v) is 2.14. The standard InChI is InChI=1S/C13H17N3O2S/c1-3-15-12(17)9(2)16-13(18)11-10(5-4-7-14)6-8-19-11/h6,8-9H,3,7,14H2,1-2H3,(H,15,17)(H,16,18). The van der Waals surface area contributed by atoms with E-state index in [2.05, 4.69) is 22.5 Å². The Morgan fingerprint density at radius 2 is 2.26 bits per heavy atom. The first-order chi connectivity index (χ1) is 9.10. The van der Waals surface area contributed by atoms with Gasteiger partial charge in [-0.3, -0.25) is 9.59 Å². The van der Waals surface area contributed by atoms with E-state index in [1.54, 1.807) is 18.4 Å². The zero-order chi connectivity index (χ0) is 14.3. The molecule has 1 unspecified atom stereocenters. The van der Waals surface area contributed by atoms with Gasteiger partial charge in [-0.15, -0.1) is 11.3 Å². The molecule has 2 amide bonds. The summed E-state index contributed by atoms with van der Waals surface area (Å²) in [5.74, 6) is 5.04. The van der Waals surface area contributed by atoms with Gasteiger partial charge in [0.15, 0.2) is 0 Å². The van der Waals surface area contributed by atoms with Crippen molar-refractivity contribution in [2.75, 3.05) is 13.1 Å². The highest BCUT2D eigenvalue weighted by molar-refractivity contribution is 7.12. The number of nitrogens with two attached hydrogens (primary N) is 1. The highest BCUT2D eigenvalue weighted by Crippen LogP contribution is 2.15. The van der Waals surface area contributed by atoms with Crippen LogP contribution in [0.2, 0.25) is 0 Å². The molecule has 1 atom stereocenters. The monoisotopic (exact) mass is 279 g/mol. The van der Waals surface area contributed by atoms with Gasteiger partial charge in [0.2, 0.25) is 5.91 Å². The Morgan fingerprint density at radius 1 is 1.53 bits per heavy atom. The second-order valence-corrected chi connectivity index (χ2v) is 4.68. The predicted octanol–water partition coefficient (Wildman–Crippen LogP) is 0.313. The number of hydrogen-bond acceptors (Lipinski definition) is 4. The van der Waals surface area contributed by atoms with E-state index in [4.69, 9.17) is 5.73 Å². The van der Waals surface area contributed by atoms with Crippen LogP contribution < -0.4 is 16.4 Å². The Balaban J connectivity index is 2.73. The molecule has 102 valence electrons. The van der Waals surface area contributed by atoms with Crippen molar-refractivity contribution in [2.45, 2.75) is 19.9 Å². The van der Waals surface area contributed by atoms with E-state index in [0.717, 1.165) is 0 Å². The summed E-state index contributed by atoms with van der Waals surface area (Å²) in [5, 5.41) is 7.08. The topological polar surface area (TPSA) is 84.2 Å². The maximum atomic E-state index is 12.0. The van der Waals surface area contributed by atoms with Crippen LogP contribution in [0.3, 0.4) is 0 Å². The van der Waals surface area contributed by atoms with Gasteiger partial charge in [0.05, 0.1) is 6.54 Å². The fraction of sp³-hybridized carbons (Fsp3) is 0.385. The SMILES string of the molecule is CCNC(=O)C(C)NC(=O)c1sccc1C#CCN. The van der Waals surface area contributed by atoms with Crippen LogP contribution in [0.5, 0.6) is 0 Å². The summed E-state index contributed by atoms with van der Waals surface area (Å²) in [5.41, 5.74) is 5.94. The Bertz CT molecular complexity index is 513. The van der Waals surface area contributed by atoms with Gasteiger partial charge in [0, 0.05) is 12.1 Å². The van der Waals surface area contributed by atoms with Crippen LogP contribution >= 0.6 is 11.3 Å². The second kappa shape index (κ2) is 7.56. The molecule has 1 rings (SSSR count). The molecule has 0 aliphatic rings. The summed E-state index contributed by atoms with van der Waals surface area (Å²) in [4.78, 5) is 24.1. The molecule has 1 aromatic rings. The first kappa shape index (κ1) is 15.2. The molecule has 0 aliphatic heterocycles. The molecule has 0 saturated carbocycles. The first-order valence-corrected chi connectivity index (χ1v) is 6.83. The summed E-state index contributed by atoms with van der Waals surface area (Å²) < 4.78 is 0. The largest absolute Gasteiger partial charge is 0.355 e. The Hall–Kier alpha value is -1.84. The van der Waals surface area contributed by atoms with Gasteiger partial charge in [-0.05, 0) is 25.3 Å². The number of nitrogens with one attached hydrogen (secondary N) is 2. The summed E-state index contributed by atoms with van der Waals surface area (Å²) in [6, 6.07) is 1.18. The Kier molecular flexibility index (Phi) is 6.06. The zero-order valence-electron chi connectivity index (χ0n) is 10.9. The third-order valence-corrected chi connectivity index (χ3v) is 3.20. The molecule has 0 spiro atoms. The van der Waals surface area contributed by atoms with E-state index in [9.17, 15) is 9.59 Å². The van der Waals surface area contributed by atoms with Crippen molar-refractivity contribution in [2.24, 2.45) is 5.73 Å². The molecule has 0 radical (unpaired) electrons. The van der Waals surface area contributed by atoms with Crippen molar-refractivity contribution in [3.8, 4) is 11.8 Å². The van der Waals surface area contributed by atoms with Crippen molar-refractivity contribution in [1.82, 2.24) is 10.6 Å². The van der Waals surface area contributed by atoms with Crippen LogP contribution in [0.1, 0.15) is 29.1 Å². The van der Waals surface area contributed by atoms with Gasteiger partial charge in [0.25, 0.3) is 5.91 Å². The highest BCUT2D eigenvalue weighted by atomic mass is 32.1. The smallest absolute Gasteiger partial charge is 0.263 e. The molecule has 0 saturated heterocycles. The van der Waals surface area contributed by atoms with Crippen LogP contribution in [0.15, 0.2) is 11.4 Å². The fourth-order valence-electron chi connectivity index (χ4n) is 1.38. The van der Waals surface area contributed by atoms with E-state index in [0.29, 0.717) is 17.0 Å². The van der Waals surface area contributed by atoms with Crippen molar-refractivity contribution in [3.63, 3.8) is 0 Å². The average molecular weight is 279 g/mol. The molecular weight excluding hydrogens is 262 g/mol. The Morgan fingerprint density at radius 3 is 2.89 bits per heavy atom. The van der Waals surface area contributed by atoms with Crippen molar-refractivity contribution < 1.29 is 9.59 Å². The number of rotatable bonds is 4. The maximum Gasteiger partial charge on any atom is 0.263 e. The first-order valence-electron chi connectivity index (χ1n) is 5.95. The lowest BCUT2D eigenvalue weighted by atomic mass is 10.2. The van der Waals surface area contributed by atoms with Crippen LogP contribution in [-0.2, 0) is 4.79 Å². The van der Waals surface area contributed by atoms with Gasteiger partial charge in [-0.2, -0.15) is 0 Å². The molecule has 19 heavy (non-hydrogen) atoms. The van der Waals surface area contributed by atoms with Crippen molar-refractivity contribution in [1.29, 1.82) is 0 Å². The minimum atomic E-state index is -0.579. The van der Waals surface area contributed by atoms with Crippen molar-refractivity contribution in [3.05, 3.63) is 21.9 Å². The highest BCUT2D eigenvalue weighted by Gasteiger charge is 2.18. The molecule has 5 nitrogen and oxygen atoms in total. The molecule has 0 bridgehead atoms. The van der Waals surface area contributed by atoms with E-state index >= 15 is 0 Å². The number of hydrogen-bond donors (Lipinski definition) is 3. The molecule has 0 fully saturated rings. The van der Waals surface area contributed by atoms with Crippen LogP contribution in [0.4, 0.5) is 0 Å². The van der Waals surface area contributed by atoms with Crippen LogP contribution in [-0.4, -0.2) is 30.9 Å². The van der Waals surface area contributed by atoms with Gasteiger partial charge in [-0.1, -0.05) is 11.8 Å². The number of amides is 2. The minimum absolute atomic E-state index is 0.206. The van der Waals surface area contributed by atoms with Gasteiger partial charge >= 0.3 is 0 Å². The van der Waals surface area contributed by atoms with Gasteiger partial charge in [-0.25, -0.2) is 0 Å². The molecule has 6 heteroatoms. The number of carbonyl (C=O) groups excluding carboxylic acids is 2. The zero-order valence-corrected chi connectivity index (χ0v) is 11.8. The summed E-state index contributed by atoms with van der Waals surface area (Å²) in [6.45, 7) is 4.24. The number of carbonyl (C=O) groups is 2. The van der Waals surface area contributed by atoms with Gasteiger partial charge < -0.3 is 16.4 Å². The lowest BCUT2D eigenvalue weighted by Gasteiger charge is -2.12. The normalized spacial score (nSPS) is 11.1. The quantitative estimate of drug-likeness (QED) is 0.694. The number of likely N-dealkylation sites (N-methyl/N-ethyl adjacent to an activating group) is 1.